The summed E-state index contributed by atoms with van der Waals surface area (Å²) in [5.41, 5.74) is 5.51. The first-order valence-corrected chi connectivity index (χ1v) is 6.85. The van der Waals surface area contributed by atoms with Crippen LogP contribution in [0.3, 0.4) is 0 Å². The molecule has 0 aromatic heterocycles. The van der Waals surface area contributed by atoms with Gasteiger partial charge in [-0.25, -0.2) is 4.39 Å². The average Bonchev–Trinajstić information content (AvgIpc) is 2.34. The number of rotatable bonds is 2. The Bertz CT molecular complexity index is 502. The first kappa shape index (κ1) is 14.3. The van der Waals surface area contributed by atoms with Crippen LogP contribution in [0, 0.1) is 5.82 Å². The first-order valence-electron chi connectivity index (χ1n) is 6.06. The summed E-state index contributed by atoms with van der Waals surface area (Å²) in [5.74, 6) is -0.802. The Morgan fingerprint density at radius 1 is 1.47 bits per heavy atom. The summed E-state index contributed by atoms with van der Waals surface area (Å²) in [6.45, 7) is 3.24. The van der Waals surface area contributed by atoms with E-state index in [-0.39, 0.29) is 17.1 Å². The largest absolute Gasteiger partial charge is 0.396 e. The number of anilines is 1. The molecule has 1 fully saturated rings. The maximum Gasteiger partial charge on any atom is 0.252 e. The number of nitrogens with two attached hydrogens (primary N) is 1. The fraction of sp³-hybridized carbons (Fsp3) is 0.462. The lowest BCUT2D eigenvalue weighted by Crippen LogP contribution is -2.49. The van der Waals surface area contributed by atoms with E-state index in [4.69, 9.17) is 10.5 Å². The van der Waals surface area contributed by atoms with Gasteiger partial charge in [0.15, 0.2) is 0 Å². The highest BCUT2D eigenvalue weighted by molar-refractivity contribution is 9.10. The molecule has 0 aliphatic carbocycles. The van der Waals surface area contributed by atoms with E-state index in [1.807, 2.05) is 6.92 Å². The Hall–Kier alpha value is -1.14. The molecule has 0 unspecified atom stereocenters. The molecular formula is C13H16BrFN2O2. The van der Waals surface area contributed by atoms with Gasteiger partial charge in [0.25, 0.3) is 5.91 Å². The summed E-state index contributed by atoms with van der Waals surface area (Å²) in [5, 5.41) is 2.97. The van der Waals surface area contributed by atoms with Crippen molar-refractivity contribution in [1.29, 1.82) is 0 Å². The lowest BCUT2D eigenvalue weighted by molar-refractivity contribution is 0.0422. The van der Waals surface area contributed by atoms with Gasteiger partial charge in [-0.05, 0) is 47.8 Å². The Kier molecular flexibility index (Phi) is 4.10. The molecule has 1 amide bonds. The van der Waals surface area contributed by atoms with Gasteiger partial charge in [-0.1, -0.05) is 0 Å². The fourth-order valence-electron chi connectivity index (χ4n) is 2.03. The van der Waals surface area contributed by atoms with Gasteiger partial charge in [-0.15, -0.1) is 0 Å². The number of amides is 1. The molecule has 1 heterocycles. The second-order valence-electron chi connectivity index (χ2n) is 4.98. The van der Waals surface area contributed by atoms with Crippen LogP contribution in [-0.2, 0) is 4.74 Å². The van der Waals surface area contributed by atoms with Crippen molar-refractivity contribution in [3.63, 3.8) is 0 Å². The molecule has 0 saturated carbocycles. The van der Waals surface area contributed by atoms with E-state index in [0.29, 0.717) is 23.2 Å². The maximum absolute atomic E-state index is 13.3. The van der Waals surface area contributed by atoms with Crippen LogP contribution < -0.4 is 11.1 Å². The molecule has 0 spiro atoms. The third kappa shape index (κ3) is 3.25. The highest BCUT2D eigenvalue weighted by atomic mass is 79.9. The lowest BCUT2D eigenvalue weighted by Gasteiger charge is -2.34. The molecule has 6 heteroatoms. The Labute approximate surface area is 119 Å². The number of nitrogen functional groups attached to an aromatic ring is 1. The van der Waals surface area contributed by atoms with Crippen molar-refractivity contribution >= 4 is 27.5 Å². The highest BCUT2D eigenvalue weighted by Crippen LogP contribution is 2.25. The van der Waals surface area contributed by atoms with Gasteiger partial charge in [0.1, 0.15) is 5.82 Å². The van der Waals surface area contributed by atoms with Crippen LogP contribution in [0.1, 0.15) is 30.1 Å². The molecule has 1 aliphatic rings. The number of carbonyl (C=O) groups is 1. The van der Waals surface area contributed by atoms with Gasteiger partial charge in [-0.2, -0.15) is 0 Å². The number of halogens is 2. The molecule has 0 radical (unpaired) electrons. The summed E-state index contributed by atoms with van der Waals surface area (Å²) in [6.07, 6.45) is 1.51. The minimum atomic E-state index is -0.541. The monoisotopic (exact) mass is 330 g/mol. The van der Waals surface area contributed by atoms with E-state index in [0.717, 1.165) is 12.8 Å². The fourth-order valence-corrected chi connectivity index (χ4v) is 2.52. The van der Waals surface area contributed by atoms with Crippen LogP contribution >= 0.6 is 15.9 Å². The van der Waals surface area contributed by atoms with Crippen molar-refractivity contribution in [2.75, 3.05) is 18.9 Å². The van der Waals surface area contributed by atoms with Crippen molar-refractivity contribution in [2.45, 2.75) is 25.3 Å². The predicted molar refractivity (Wildman–Crippen MR) is 74.4 cm³/mol. The van der Waals surface area contributed by atoms with Crippen LogP contribution in [0.5, 0.6) is 0 Å². The Morgan fingerprint density at radius 2 is 2.11 bits per heavy atom. The van der Waals surface area contributed by atoms with E-state index in [1.54, 1.807) is 0 Å². The zero-order valence-corrected chi connectivity index (χ0v) is 12.2. The van der Waals surface area contributed by atoms with E-state index >= 15 is 0 Å². The molecule has 2 rings (SSSR count). The summed E-state index contributed by atoms with van der Waals surface area (Å²) >= 11 is 3.18. The van der Waals surface area contributed by atoms with Crippen molar-refractivity contribution < 1.29 is 13.9 Å². The zero-order valence-electron chi connectivity index (χ0n) is 10.6. The van der Waals surface area contributed by atoms with Crippen LogP contribution in [-0.4, -0.2) is 24.7 Å². The van der Waals surface area contributed by atoms with E-state index in [1.165, 1.54) is 12.1 Å². The first-order chi connectivity index (χ1) is 8.91. The lowest BCUT2D eigenvalue weighted by atomic mass is 9.92. The van der Waals surface area contributed by atoms with Crippen LogP contribution in [0.4, 0.5) is 10.1 Å². The average molecular weight is 331 g/mol. The van der Waals surface area contributed by atoms with Gasteiger partial charge in [0, 0.05) is 23.2 Å². The molecule has 0 bridgehead atoms. The highest BCUT2D eigenvalue weighted by Gasteiger charge is 2.30. The molecule has 1 aromatic carbocycles. The SMILES string of the molecule is CC1(NC(=O)c2cc(N)c(F)cc2Br)CCOCC1. The third-order valence-corrected chi connectivity index (χ3v) is 4.00. The number of nitrogens with one attached hydrogen (secondary N) is 1. The summed E-state index contributed by atoms with van der Waals surface area (Å²) in [6, 6.07) is 2.55. The standard InChI is InChI=1S/C13H16BrFN2O2/c1-13(2-4-19-5-3-13)17-12(18)8-6-11(16)10(15)7-9(8)14/h6-7H,2-5,16H2,1H3,(H,17,18). The van der Waals surface area contributed by atoms with Crippen LogP contribution in [0.15, 0.2) is 16.6 Å². The second kappa shape index (κ2) is 5.46. The Balaban J connectivity index is 2.18. The maximum atomic E-state index is 13.3. The molecular weight excluding hydrogens is 315 g/mol. The number of hydrogen-bond acceptors (Lipinski definition) is 3. The molecule has 19 heavy (non-hydrogen) atoms. The second-order valence-corrected chi connectivity index (χ2v) is 5.84. The van der Waals surface area contributed by atoms with Crippen molar-refractivity contribution in [3.05, 3.63) is 28.0 Å². The molecule has 4 nitrogen and oxygen atoms in total. The summed E-state index contributed by atoms with van der Waals surface area (Å²) in [4.78, 5) is 12.2. The normalized spacial score (nSPS) is 18.1. The number of carbonyl (C=O) groups excluding carboxylic acids is 1. The van der Waals surface area contributed by atoms with Gasteiger partial charge < -0.3 is 15.8 Å². The third-order valence-electron chi connectivity index (χ3n) is 3.34. The molecule has 1 aromatic rings. The van der Waals surface area contributed by atoms with Crippen molar-refractivity contribution in [2.24, 2.45) is 0 Å². The molecule has 0 atom stereocenters. The predicted octanol–water partition coefficient (Wildman–Crippen LogP) is 2.47. The minimum absolute atomic E-state index is 0.0366. The number of hydrogen-bond donors (Lipinski definition) is 2. The van der Waals surface area contributed by atoms with Crippen LogP contribution in [0.25, 0.3) is 0 Å². The molecule has 3 N–H and O–H groups in total. The van der Waals surface area contributed by atoms with E-state index < -0.39 is 5.82 Å². The van der Waals surface area contributed by atoms with Gasteiger partial charge in [0.2, 0.25) is 0 Å². The van der Waals surface area contributed by atoms with Crippen molar-refractivity contribution in [3.8, 4) is 0 Å². The number of ether oxygens (including phenoxy) is 1. The quantitative estimate of drug-likeness (QED) is 0.819. The summed E-state index contributed by atoms with van der Waals surface area (Å²) < 4.78 is 18.9. The van der Waals surface area contributed by atoms with Gasteiger partial charge >= 0.3 is 0 Å². The van der Waals surface area contributed by atoms with Crippen LogP contribution in [0.2, 0.25) is 0 Å². The van der Waals surface area contributed by atoms with E-state index in [9.17, 15) is 9.18 Å². The minimum Gasteiger partial charge on any atom is -0.396 e. The smallest absolute Gasteiger partial charge is 0.252 e. The number of benzene rings is 1. The molecule has 1 saturated heterocycles. The summed E-state index contributed by atoms with van der Waals surface area (Å²) in [7, 11) is 0. The van der Waals surface area contributed by atoms with Crippen molar-refractivity contribution in [1.82, 2.24) is 5.32 Å². The molecule has 1 aliphatic heterocycles. The van der Waals surface area contributed by atoms with Gasteiger partial charge in [-0.3, -0.25) is 4.79 Å². The van der Waals surface area contributed by atoms with Gasteiger partial charge in [0.05, 0.1) is 11.3 Å². The zero-order chi connectivity index (χ0) is 14.0. The topological polar surface area (TPSA) is 64.4 Å². The van der Waals surface area contributed by atoms with E-state index in [2.05, 4.69) is 21.2 Å². The molecule has 104 valence electrons. The Morgan fingerprint density at radius 3 is 2.74 bits per heavy atom.